The smallest absolute Gasteiger partial charge is 0.293 e. The summed E-state index contributed by atoms with van der Waals surface area (Å²) in [6.45, 7) is 20.2. The lowest BCUT2D eigenvalue weighted by atomic mass is 9.90. The Morgan fingerprint density at radius 2 is 1.79 bits per heavy atom. The first-order valence-corrected chi connectivity index (χ1v) is 23.4. The van der Waals surface area contributed by atoms with Crippen molar-refractivity contribution in [2.24, 2.45) is 12.5 Å². The van der Waals surface area contributed by atoms with Gasteiger partial charge in [-0.15, -0.1) is 0 Å². The number of pyridine rings is 2. The van der Waals surface area contributed by atoms with Gasteiger partial charge in [0.2, 0.25) is 5.91 Å². The quantitative estimate of drug-likeness (QED) is 0.114. The van der Waals surface area contributed by atoms with Crippen LogP contribution in [0.1, 0.15) is 87.4 Å². The first kappa shape index (κ1) is 45.8. The number of rotatable bonds is 11. The van der Waals surface area contributed by atoms with Gasteiger partial charge in [-0.25, -0.2) is 9.97 Å². The van der Waals surface area contributed by atoms with Crippen LogP contribution in [0.4, 0.5) is 34.4 Å². The Morgan fingerprint density at radius 1 is 0.985 bits per heavy atom. The predicted octanol–water partition coefficient (Wildman–Crippen LogP) is 5.98. The van der Waals surface area contributed by atoms with E-state index in [1.165, 1.54) is 21.9 Å². The van der Waals surface area contributed by atoms with Crippen LogP contribution in [0.25, 0.3) is 11.3 Å². The van der Waals surface area contributed by atoms with Crippen molar-refractivity contribution in [1.29, 1.82) is 0 Å². The van der Waals surface area contributed by atoms with Gasteiger partial charge in [0.25, 0.3) is 11.5 Å². The third kappa shape index (κ3) is 8.85. The fourth-order valence-corrected chi connectivity index (χ4v) is 10.8. The Kier molecular flexibility index (Phi) is 12.1. The second-order valence-corrected chi connectivity index (χ2v) is 20.1. The van der Waals surface area contributed by atoms with E-state index in [2.05, 4.69) is 80.2 Å². The van der Waals surface area contributed by atoms with Gasteiger partial charge < -0.3 is 39.8 Å². The number of fused-ring (bicyclic) bond motifs is 3. The molecule has 16 nitrogen and oxygen atoms in total. The predicted molar refractivity (Wildman–Crippen MR) is 262 cm³/mol. The van der Waals surface area contributed by atoms with Crippen LogP contribution < -0.4 is 30.9 Å². The maximum atomic E-state index is 14.0. The lowest BCUT2D eigenvalue weighted by Gasteiger charge is -2.48. The van der Waals surface area contributed by atoms with Crippen LogP contribution >= 0.6 is 0 Å². The van der Waals surface area contributed by atoms with Crippen LogP contribution in [0.3, 0.4) is 0 Å². The van der Waals surface area contributed by atoms with Crippen molar-refractivity contribution in [3.63, 3.8) is 0 Å². The molecule has 2 saturated heterocycles. The summed E-state index contributed by atoms with van der Waals surface area (Å²) in [7, 11) is 1.64. The molecule has 0 bridgehead atoms. The van der Waals surface area contributed by atoms with Crippen molar-refractivity contribution in [3.8, 4) is 11.3 Å². The minimum atomic E-state index is -0.983. The van der Waals surface area contributed by atoms with Gasteiger partial charge in [-0.2, -0.15) is 0 Å². The zero-order chi connectivity index (χ0) is 47.5. The summed E-state index contributed by atoms with van der Waals surface area (Å²) in [6.07, 6.45) is 10.2. The van der Waals surface area contributed by atoms with Crippen LogP contribution in [0, 0.1) is 5.41 Å². The number of carbonyl (C=O) groups excluding carboxylic acids is 2. The lowest BCUT2D eigenvalue weighted by Crippen LogP contribution is -2.58. The number of hydrogen-bond donors (Lipinski definition) is 4. The molecule has 67 heavy (non-hydrogen) atoms. The molecule has 1 aliphatic carbocycles. The Morgan fingerprint density at radius 3 is 2.49 bits per heavy atom. The second-order valence-electron chi connectivity index (χ2n) is 20.1. The highest BCUT2D eigenvalue weighted by atomic mass is 16.3. The summed E-state index contributed by atoms with van der Waals surface area (Å²) < 4.78 is 3.58. The van der Waals surface area contributed by atoms with Crippen LogP contribution in [0.15, 0.2) is 78.5 Å². The zero-order valence-electron chi connectivity index (χ0n) is 39.7. The van der Waals surface area contributed by atoms with Gasteiger partial charge in [-0.1, -0.05) is 20.4 Å². The molecule has 0 spiro atoms. The molecule has 352 valence electrons. The highest BCUT2D eigenvalue weighted by Crippen LogP contribution is 2.41. The highest BCUT2D eigenvalue weighted by molar-refractivity contribution is 6.06. The molecule has 4 aromatic heterocycles. The Balaban J connectivity index is 0.919. The number of aliphatic hydroxyl groups is 2. The topological polar surface area (TPSA) is 177 Å². The molecule has 4 aliphatic rings. The summed E-state index contributed by atoms with van der Waals surface area (Å²) in [6, 6.07) is 14.3. The number of aromatic nitrogens is 5. The van der Waals surface area contributed by atoms with Gasteiger partial charge in [-0.05, 0) is 113 Å². The molecule has 5 aromatic rings. The third-order valence-electron chi connectivity index (χ3n) is 14.2. The van der Waals surface area contributed by atoms with E-state index in [0.29, 0.717) is 70.6 Å². The molecule has 0 saturated carbocycles. The number of amides is 2. The molecule has 3 aliphatic heterocycles. The molecule has 4 N–H and O–H groups in total. The van der Waals surface area contributed by atoms with Gasteiger partial charge in [0.15, 0.2) is 5.82 Å². The maximum absolute atomic E-state index is 14.0. The monoisotopic (exact) mass is 910 g/mol. The zero-order valence-corrected chi connectivity index (χ0v) is 39.7. The van der Waals surface area contributed by atoms with E-state index in [4.69, 9.17) is 4.98 Å². The van der Waals surface area contributed by atoms with Crippen molar-refractivity contribution in [2.75, 3.05) is 58.1 Å². The molecular weight excluding hydrogens is 847 g/mol. The summed E-state index contributed by atoms with van der Waals surface area (Å²) in [5.41, 5.74) is 6.97. The van der Waals surface area contributed by atoms with E-state index in [0.717, 1.165) is 63.2 Å². The standard InChI is InChI=1S/C51H63N11O5/c1-9-45(64)55-39-24-34(10-12-41(39)60-19-18-58(28-32(60)3)35-15-17-59(31(2)22-35)36-11-13-44(53-27-36)51(6,7)67)54-46-49(66)57(8)29-40(56-46)37-14-16-52-47(38(37)30-63)62-21-20-61-42(48(62)65)23-33-25-50(4,5)26-43(33)61/h9-14,16,23-24,27,29,31-32,35,63,67H,1,15,17-22,25-26,28,30H2,2-8H3,(H,54,56)(H,55,64)/t31-,32-,35?/m0/s1. The molecule has 2 amide bonds. The van der Waals surface area contributed by atoms with E-state index in [-0.39, 0.29) is 34.6 Å². The number of aryl methyl sites for hydroxylation is 1. The summed E-state index contributed by atoms with van der Waals surface area (Å²) in [5, 5.41) is 27.4. The third-order valence-corrected chi connectivity index (χ3v) is 14.2. The molecule has 2 fully saturated rings. The van der Waals surface area contributed by atoms with Gasteiger partial charge in [-0.3, -0.25) is 29.2 Å². The number of hydrogen-bond acceptors (Lipinski definition) is 12. The van der Waals surface area contributed by atoms with E-state index in [9.17, 15) is 24.6 Å². The molecule has 16 heteroatoms. The minimum absolute atomic E-state index is 0.0463. The minimum Gasteiger partial charge on any atom is -0.392 e. The van der Waals surface area contributed by atoms with Crippen molar-refractivity contribution < 1.29 is 19.8 Å². The Labute approximate surface area is 392 Å². The SMILES string of the molecule is C=CC(=O)Nc1cc(Nc2nc(-c3ccnc(N4CCn5c(cc6c5CC(C)(C)C6)C4=O)c3CO)cn(C)c2=O)ccc1N1CCN(C2CCN(c3ccc(C(C)(C)O)nc3)[C@@H](C)C2)C[C@@H]1C. The van der Waals surface area contributed by atoms with Crippen molar-refractivity contribution >= 4 is 46.2 Å². The number of piperidine rings is 1. The first-order chi connectivity index (χ1) is 31.9. The molecule has 1 unspecified atom stereocenters. The summed E-state index contributed by atoms with van der Waals surface area (Å²) in [5.74, 6) is -0.112. The number of nitrogens with zero attached hydrogens (tertiary/aromatic N) is 9. The second kappa shape index (κ2) is 17.7. The van der Waals surface area contributed by atoms with Gasteiger partial charge in [0, 0.05) is 99.3 Å². The van der Waals surface area contributed by atoms with E-state index in [1.807, 2.05) is 36.5 Å². The molecular formula is C51H63N11O5. The van der Waals surface area contributed by atoms with Crippen LogP contribution in [-0.4, -0.2) is 102 Å². The maximum Gasteiger partial charge on any atom is 0.293 e. The lowest BCUT2D eigenvalue weighted by molar-refractivity contribution is -0.111. The fraction of sp³-hybridized carbons (Fsp3) is 0.451. The van der Waals surface area contributed by atoms with Crippen LogP contribution in [0.5, 0.6) is 0 Å². The molecule has 9 rings (SSSR count). The van der Waals surface area contributed by atoms with Crippen molar-refractivity contribution in [2.45, 2.75) is 104 Å². The van der Waals surface area contributed by atoms with E-state index >= 15 is 0 Å². The molecule has 0 radical (unpaired) electrons. The number of nitrogens with one attached hydrogen (secondary N) is 2. The Hall–Kier alpha value is -6.36. The van der Waals surface area contributed by atoms with Gasteiger partial charge in [0.05, 0.1) is 41.3 Å². The number of benzene rings is 1. The molecule has 1 aromatic carbocycles. The fourth-order valence-electron chi connectivity index (χ4n) is 10.8. The van der Waals surface area contributed by atoms with Gasteiger partial charge >= 0.3 is 0 Å². The summed E-state index contributed by atoms with van der Waals surface area (Å²) >= 11 is 0. The number of anilines is 6. The number of piperazine rings is 1. The van der Waals surface area contributed by atoms with E-state index < -0.39 is 12.2 Å². The van der Waals surface area contributed by atoms with Crippen LogP contribution in [0.2, 0.25) is 0 Å². The number of carbonyl (C=O) groups is 2. The first-order valence-electron chi connectivity index (χ1n) is 23.4. The van der Waals surface area contributed by atoms with Crippen molar-refractivity contribution in [1.82, 2.24) is 29.0 Å². The average Bonchev–Trinajstić information content (AvgIpc) is 3.79. The summed E-state index contributed by atoms with van der Waals surface area (Å²) in [4.78, 5) is 63.5. The van der Waals surface area contributed by atoms with Crippen molar-refractivity contribution in [3.05, 3.63) is 112 Å². The van der Waals surface area contributed by atoms with E-state index in [1.54, 1.807) is 44.3 Å². The highest BCUT2D eigenvalue weighted by Gasteiger charge is 2.38. The average molecular weight is 910 g/mol. The van der Waals surface area contributed by atoms with Crippen LogP contribution in [-0.2, 0) is 43.4 Å². The van der Waals surface area contributed by atoms with Gasteiger partial charge in [0.1, 0.15) is 17.1 Å². The normalized spacial score (nSPS) is 20.7. The largest absolute Gasteiger partial charge is 0.392 e. The molecule has 7 heterocycles. The molecule has 3 atom stereocenters. The number of aliphatic hydroxyl groups excluding tert-OH is 1. The Bertz CT molecular complexity index is 2790.